The molecule has 1 aromatic heterocycles. The number of amides is 1. The Kier molecular flexibility index (Phi) is 3.90. The van der Waals surface area contributed by atoms with Crippen molar-refractivity contribution in [3.8, 4) is 0 Å². The van der Waals surface area contributed by atoms with Gasteiger partial charge in [-0.15, -0.1) is 0 Å². The summed E-state index contributed by atoms with van der Waals surface area (Å²) in [6, 6.07) is 13.7. The van der Waals surface area contributed by atoms with Crippen molar-refractivity contribution < 1.29 is 4.79 Å². The van der Waals surface area contributed by atoms with Crippen molar-refractivity contribution >= 4 is 34.1 Å². The van der Waals surface area contributed by atoms with Crippen LogP contribution in [0.4, 0.5) is 5.69 Å². The number of fused-ring (bicyclic) bond motifs is 1. The minimum absolute atomic E-state index is 0.0663. The Bertz CT molecular complexity index is 851. The number of aryl methyl sites for hydroxylation is 1. The van der Waals surface area contributed by atoms with E-state index in [0.717, 1.165) is 22.2 Å². The number of aromatic nitrogens is 1. The Morgan fingerprint density at radius 3 is 2.82 bits per heavy atom. The summed E-state index contributed by atoms with van der Waals surface area (Å²) in [5.74, 6) is -0.0663. The van der Waals surface area contributed by atoms with Gasteiger partial charge < -0.3 is 9.88 Å². The second-order valence-electron chi connectivity index (χ2n) is 5.47. The summed E-state index contributed by atoms with van der Waals surface area (Å²) in [6.45, 7) is 4.23. The predicted molar refractivity (Wildman–Crippen MR) is 91.5 cm³/mol. The van der Waals surface area contributed by atoms with E-state index in [1.54, 1.807) is 0 Å². The van der Waals surface area contributed by atoms with Crippen LogP contribution in [-0.4, -0.2) is 10.5 Å². The molecular weight excluding hydrogens is 296 g/mol. The van der Waals surface area contributed by atoms with Crippen molar-refractivity contribution in [2.45, 2.75) is 20.4 Å². The number of rotatable bonds is 3. The third-order valence-electron chi connectivity index (χ3n) is 3.78. The van der Waals surface area contributed by atoms with E-state index in [-0.39, 0.29) is 12.5 Å². The first kappa shape index (κ1) is 14.7. The first-order chi connectivity index (χ1) is 10.5. The first-order valence-electron chi connectivity index (χ1n) is 7.15. The van der Waals surface area contributed by atoms with Gasteiger partial charge in [-0.2, -0.15) is 0 Å². The highest BCUT2D eigenvalue weighted by Gasteiger charge is 2.09. The molecule has 0 atom stereocenters. The summed E-state index contributed by atoms with van der Waals surface area (Å²) in [6.07, 6.45) is 1.94. The summed E-state index contributed by atoms with van der Waals surface area (Å²) >= 11 is 6.08. The number of hydrogen-bond donors (Lipinski definition) is 1. The summed E-state index contributed by atoms with van der Waals surface area (Å²) in [5.41, 5.74) is 3.91. The van der Waals surface area contributed by atoms with Crippen LogP contribution in [0.1, 0.15) is 11.1 Å². The topological polar surface area (TPSA) is 34.0 Å². The zero-order valence-electron chi connectivity index (χ0n) is 12.6. The van der Waals surface area contributed by atoms with E-state index in [4.69, 9.17) is 11.6 Å². The Balaban J connectivity index is 1.80. The molecule has 1 heterocycles. The molecule has 0 fully saturated rings. The molecule has 1 N–H and O–H groups in total. The van der Waals surface area contributed by atoms with E-state index in [1.165, 1.54) is 5.56 Å². The van der Waals surface area contributed by atoms with Gasteiger partial charge in [0.25, 0.3) is 0 Å². The number of nitrogens with one attached hydrogen (secondary N) is 1. The lowest BCUT2D eigenvalue weighted by molar-refractivity contribution is -0.116. The van der Waals surface area contributed by atoms with Crippen molar-refractivity contribution in [2.24, 2.45) is 0 Å². The van der Waals surface area contributed by atoms with Crippen LogP contribution in [-0.2, 0) is 11.3 Å². The predicted octanol–water partition coefficient (Wildman–Crippen LogP) is 4.55. The van der Waals surface area contributed by atoms with Gasteiger partial charge in [0.05, 0.1) is 0 Å². The molecule has 0 saturated carbocycles. The molecule has 4 heteroatoms. The number of hydrogen-bond acceptors (Lipinski definition) is 1. The number of carbonyl (C=O) groups excluding carboxylic acids is 1. The molecule has 22 heavy (non-hydrogen) atoms. The molecule has 0 spiro atoms. The van der Waals surface area contributed by atoms with Gasteiger partial charge in [-0.3, -0.25) is 4.79 Å². The summed E-state index contributed by atoms with van der Waals surface area (Å²) in [7, 11) is 0. The highest BCUT2D eigenvalue weighted by molar-refractivity contribution is 6.31. The monoisotopic (exact) mass is 312 g/mol. The molecule has 0 aliphatic carbocycles. The summed E-state index contributed by atoms with van der Waals surface area (Å²) in [5, 5.41) is 4.72. The number of benzene rings is 2. The van der Waals surface area contributed by atoms with Crippen LogP contribution in [0, 0.1) is 13.8 Å². The Hall–Kier alpha value is -2.26. The van der Waals surface area contributed by atoms with Crippen molar-refractivity contribution in [3.63, 3.8) is 0 Å². The number of halogens is 1. The first-order valence-corrected chi connectivity index (χ1v) is 7.53. The molecule has 3 aromatic rings. The van der Waals surface area contributed by atoms with E-state index in [1.807, 2.05) is 48.0 Å². The third-order valence-corrected chi connectivity index (χ3v) is 4.19. The van der Waals surface area contributed by atoms with E-state index in [0.29, 0.717) is 5.02 Å². The maximum Gasteiger partial charge on any atom is 0.244 e. The van der Waals surface area contributed by atoms with Crippen LogP contribution < -0.4 is 5.32 Å². The molecule has 0 bridgehead atoms. The van der Waals surface area contributed by atoms with Gasteiger partial charge in [0.2, 0.25) is 5.91 Å². The Labute approximate surface area is 134 Å². The Morgan fingerprint density at radius 2 is 2.00 bits per heavy atom. The lowest BCUT2D eigenvalue weighted by Gasteiger charge is -2.10. The molecule has 0 aliphatic heterocycles. The quantitative estimate of drug-likeness (QED) is 0.756. The molecular formula is C18H17ClN2O. The normalized spacial score (nSPS) is 10.9. The second kappa shape index (κ2) is 5.85. The van der Waals surface area contributed by atoms with Gasteiger partial charge in [0, 0.05) is 22.4 Å². The molecule has 3 rings (SSSR count). The average Bonchev–Trinajstić information content (AvgIpc) is 2.86. The molecule has 0 unspecified atom stereocenters. The number of anilines is 1. The fourth-order valence-electron chi connectivity index (χ4n) is 2.54. The third kappa shape index (κ3) is 2.85. The summed E-state index contributed by atoms with van der Waals surface area (Å²) in [4.78, 5) is 12.3. The van der Waals surface area contributed by atoms with Crippen LogP contribution >= 0.6 is 11.6 Å². The van der Waals surface area contributed by atoms with Crippen LogP contribution in [0.5, 0.6) is 0 Å². The maximum atomic E-state index is 12.3. The van der Waals surface area contributed by atoms with E-state index in [9.17, 15) is 4.79 Å². The Morgan fingerprint density at radius 1 is 1.18 bits per heavy atom. The minimum Gasteiger partial charge on any atom is -0.338 e. The average molecular weight is 313 g/mol. The fraction of sp³-hybridized carbons (Fsp3) is 0.167. The van der Waals surface area contributed by atoms with E-state index in [2.05, 4.69) is 24.4 Å². The highest BCUT2D eigenvalue weighted by Crippen LogP contribution is 2.23. The van der Waals surface area contributed by atoms with Crippen LogP contribution in [0.3, 0.4) is 0 Å². The van der Waals surface area contributed by atoms with Crippen molar-refractivity contribution in [2.75, 3.05) is 5.32 Å². The second-order valence-corrected chi connectivity index (χ2v) is 5.87. The van der Waals surface area contributed by atoms with Crippen LogP contribution in [0.2, 0.25) is 5.02 Å². The molecule has 2 aromatic carbocycles. The van der Waals surface area contributed by atoms with Crippen LogP contribution in [0.25, 0.3) is 10.9 Å². The van der Waals surface area contributed by atoms with E-state index < -0.39 is 0 Å². The zero-order valence-corrected chi connectivity index (χ0v) is 13.3. The van der Waals surface area contributed by atoms with Gasteiger partial charge in [-0.05, 0) is 55.1 Å². The van der Waals surface area contributed by atoms with Crippen molar-refractivity contribution in [1.82, 2.24) is 4.57 Å². The molecule has 3 nitrogen and oxygen atoms in total. The lowest BCUT2D eigenvalue weighted by Crippen LogP contribution is -2.18. The lowest BCUT2D eigenvalue weighted by atomic mass is 10.2. The molecule has 1 amide bonds. The number of nitrogens with zero attached hydrogens (tertiary/aromatic N) is 1. The van der Waals surface area contributed by atoms with Gasteiger partial charge in [-0.1, -0.05) is 29.3 Å². The zero-order chi connectivity index (χ0) is 15.7. The van der Waals surface area contributed by atoms with Crippen LogP contribution in [0.15, 0.2) is 48.7 Å². The fourth-order valence-corrected chi connectivity index (χ4v) is 2.72. The standard InChI is InChI=1S/C18H17ClN2O/c1-12-6-7-17-14(10-12)8-9-21(17)11-18(22)20-16-5-3-4-15(19)13(16)2/h3-10H,11H2,1-2H3,(H,20,22). The maximum absolute atomic E-state index is 12.3. The molecule has 0 radical (unpaired) electrons. The SMILES string of the molecule is Cc1ccc2c(ccn2CC(=O)Nc2cccc(Cl)c2C)c1. The van der Waals surface area contributed by atoms with Gasteiger partial charge in [0.1, 0.15) is 6.54 Å². The van der Waals surface area contributed by atoms with Gasteiger partial charge in [0.15, 0.2) is 0 Å². The largest absolute Gasteiger partial charge is 0.338 e. The minimum atomic E-state index is -0.0663. The van der Waals surface area contributed by atoms with Crippen molar-refractivity contribution in [1.29, 1.82) is 0 Å². The number of carbonyl (C=O) groups is 1. The molecule has 112 valence electrons. The highest BCUT2D eigenvalue weighted by atomic mass is 35.5. The summed E-state index contributed by atoms with van der Waals surface area (Å²) < 4.78 is 1.95. The molecule has 0 aliphatic rings. The molecule has 0 saturated heterocycles. The van der Waals surface area contributed by atoms with E-state index >= 15 is 0 Å². The van der Waals surface area contributed by atoms with Crippen molar-refractivity contribution in [3.05, 3.63) is 64.8 Å². The van der Waals surface area contributed by atoms with Gasteiger partial charge >= 0.3 is 0 Å². The smallest absolute Gasteiger partial charge is 0.244 e. The van der Waals surface area contributed by atoms with Gasteiger partial charge in [-0.25, -0.2) is 0 Å².